The van der Waals surface area contributed by atoms with Gasteiger partial charge < -0.3 is 0 Å². The van der Waals surface area contributed by atoms with Crippen molar-refractivity contribution in [3.05, 3.63) is 33.8 Å². The van der Waals surface area contributed by atoms with Gasteiger partial charge in [-0.25, -0.2) is 0 Å². The minimum Gasteiger partial charge on any atom is -0.296 e. The van der Waals surface area contributed by atoms with Gasteiger partial charge in [-0.1, -0.05) is 36.2 Å². The molecule has 3 nitrogen and oxygen atoms in total. The third kappa shape index (κ3) is 2.52. The van der Waals surface area contributed by atoms with Crippen molar-refractivity contribution >= 4 is 35.0 Å². The fraction of sp³-hybridized carbons (Fsp3) is 0.385. The molecule has 1 aromatic rings. The second-order valence-corrected chi connectivity index (χ2v) is 5.23. The number of hydrogen-bond donors (Lipinski definition) is 1. The maximum atomic E-state index is 11.8. The van der Waals surface area contributed by atoms with Crippen LogP contribution in [0.1, 0.15) is 31.2 Å². The monoisotopic (exact) mass is 285 g/mol. The Labute approximate surface area is 115 Å². The lowest BCUT2D eigenvalue weighted by Crippen LogP contribution is -2.44. The first kappa shape index (κ1) is 13.4. The molecule has 0 aliphatic carbocycles. The molecule has 5 heteroatoms. The minimum absolute atomic E-state index is 0.119. The Balaban J connectivity index is 2.36. The van der Waals surface area contributed by atoms with Crippen molar-refractivity contribution in [2.45, 2.75) is 25.7 Å². The third-order valence-electron chi connectivity index (χ3n) is 3.30. The van der Waals surface area contributed by atoms with Crippen LogP contribution in [-0.4, -0.2) is 11.8 Å². The summed E-state index contributed by atoms with van der Waals surface area (Å²) in [5.41, 5.74) is 0.888. The van der Waals surface area contributed by atoms with Crippen molar-refractivity contribution in [2.75, 3.05) is 0 Å². The van der Waals surface area contributed by atoms with Crippen molar-refractivity contribution in [3.63, 3.8) is 0 Å². The van der Waals surface area contributed by atoms with Gasteiger partial charge in [0.1, 0.15) is 0 Å². The lowest BCUT2D eigenvalue weighted by atomic mass is 9.79. The fourth-order valence-electron chi connectivity index (χ4n) is 2.37. The Hall–Kier alpha value is -1.06. The molecule has 0 aromatic heterocycles. The minimum atomic E-state index is -0.235. The number of imide groups is 1. The van der Waals surface area contributed by atoms with Crippen molar-refractivity contribution in [1.29, 1.82) is 0 Å². The number of hydrogen-bond acceptors (Lipinski definition) is 2. The van der Waals surface area contributed by atoms with Gasteiger partial charge in [-0.2, -0.15) is 0 Å². The molecule has 2 rings (SSSR count). The van der Waals surface area contributed by atoms with Gasteiger partial charge in [0, 0.05) is 18.3 Å². The number of amides is 2. The summed E-state index contributed by atoms with van der Waals surface area (Å²) in [7, 11) is 0. The Morgan fingerprint density at radius 3 is 2.61 bits per heavy atom. The molecule has 0 saturated carbocycles. The fourth-order valence-corrected chi connectivity index (χ4v) is 2.68. The highest BCUT2D eigenvalue weighted by Gasteiger charge is 2.35. The maximum Gasteiger partial charge on any atom is 0.230 e. The van der Waals surface area contributed by atoms with Gasteiger partial charge in [0.2, 0.25) is 11.8 Å². The quantitative estimate of drug-likeness (QED) is 0.849. The highest BCUT2D eigenvalue weighted by atomic mass is 35.5. The molecule has 1 heterocycles. The second-order valence-electron chi connectivity index (χ2n) is 4.41. The molecule has 2 unspecified atom stereocenters. The predicted molar refractivity (Wildman–Crippen MR) is 70.8 cm³/mol. The van der Waals surface area contributed by atoms with E-state index in [4.69, 9.17) is 23.2 Å². The van der Waals surface area contributed by atoms with Gasteiger partial charge in [0.15, 0.2) is 0 Å². The average Bonchev–Trinajstić information content (AvgIpc) is 2.32. The zero-order chi connectivity index (χ0) is 13.3. The summed E-state index contributed by atoms with van der Waals surface area (Å²) in [6.07, 6.45) is 0.992. The van der Waals surface area contributed by atoms with Crippen LogP contribution in [0.25, 0.3) is 0 Å². The smallest absolute Gasteiger partial charge is 0.230 e. The molecule has 1 saturated heterocycles. The SMILES string of the molecule is CCC1C(=O)NC(=O)CC1c1ccc(Cl)c(Cl)c1. The summed E-state index contributed by atoms with van der Waals surface area (Å²) in [5, 5.41) is 3.29. The van der Waals surface area contributed by atoms with Crippen molar-refractivity contribution in [3.8, 4) is 0 Å². The van der Waals surface area contributed by atoms with E-state index in [1.807, 2.05) is 13.0 Å². The number of piperidine rings is 1. The van der Waals surface area contributed by atoms with Crippen LogP contribution in [0.15, 0.2) is 18.2 Å². The van der Waals surface area contributed by atoms with E-state index in [0.717, 1.165) is 5.56 Å². The van der Waals surface area contributed by atoms with Gasteiger partial charge in [-0.3, -0.25) is 14.9 Å². The molecular weight excluding hydrogens is 273 g/mol. The molecule has 18 heavy (non-hydrogen) atoms. The van der Waals surface area contributed by atoms with Gasteiger partial charge in [0.05, 0.1) is 10.0 Å². The van der Waals surface area contributed by atoms with Crippen molar-refractivity contribution in [2.24, 2.45) is 5.92 Å². The molecule has 1 fully saturated rings. The molecule has 0 radical (unpaired) electrons. The van der Waals surface area contributed by atoms with Gasteiger partial charge >= 0.3 is 0 Å². The molecule has 96 valence electrons. The Morgan fingerprint density at radius 2 is 2.00 bits per heavy atom. The molecular formula is C13H13Cl2NO2. The summed E-state index contributed by atoms with van der Waals surface area (Å²) < 4.78 is 0. The molecule has 1 aliphatic heterocycles. The zero-order valence-corrected chi connectivity index (χ0v) is 11.4. The van der Waals surface area contributed by atoms with Crippen molar-refractivity contribution in [1.82, 2.24) is 5.32 Å². The molecule has 0 bridgehead atoms. The Bertz CT molecular complexity index is 502. The summed E-state index contributed by atoms with van der Waals surface area (Å²) in [6, 6.07) is 5.26. The number of carbonyl (C=O) groups excluding carboxylic acids is 2. The number of benzene rings is 1. The van der Waals surface area contributed by atoms with Crippen LogP contribution in [0, 0.1) is 5.92 Å². The Kier molecular flexibility index (Phi) is 3.93. The summed E-state index contributed by atoms with van der Waals surface area (Å²) in [6.45, 7) is 1.94. The van der Waals surface area contributed by atoms with Crippen LogP contribution < -0.4 is 5.32 Å². The van der Waals surface area contributed by atoms with E-state index >= 15 is 0 Å². The number of halogens is 2. The van der Waals surface area contributed by atoms with Crippen LogP contribution in [0.5, 0.6) is 0 Å². The number of rotatable bonds is 2. The zero-order valence-electron chi connectivity index (χ0n) is 9.87. The van der Waals surface area contributed by atoms with Gasteiger partial charge in [0.25, 0.3) is 0 Å². The average molecular weight is 286 g/mol. The highest BCUT2D eigenvalue weighted by molar-refractivity contribution is 6.42. The first-order valence-electron chi connectivity index (χ1n) is 5.81. The van der Waals surface area contributed by atoms with Gasteiger partial charge in [-0.15, -0.1) is 0 Å². The number of nitrogens with one attached hydrogen (secondary N) is 1. The van der Waals surface area contributed by atoms with E-state index in [9.17, 15) is 9.59 Å². The third-order valence-corrected chi connectivity index (χ3v) is 4.04. The number of carbonyl (C=O) groups is 2. The normalized spacial score (nSPS) is 23.9. The van der Waals surface area contributed by atoms with Gasteiger partial charge in [-0.05, 0) is 24.1 Å². The van der Waals surface area contributed by atoms with E-state index in [0.29, 0.717) is 22.9 Å². The maximum absolute atomic E-state index is 11.8. The van der Waals surface area contributed by atoms with Crippen LogP contribution in [0.3, 0.4) is 0 Å². The standard InChI is InChI=1S/C13H13Cl2NO2/c1-2-8-9(6-12(17)16-13(8)18)7-3-4-10(14)11(15)5-7/h3-5,8-9H,2,6H2,1H3,(H,16,17,18). The van der Waals surface area contributed by atoms with Crippen LogP contribution >= 0.6 is 23.2 Å². The summed E-state index contributed by atoms with van der Waals surface area (Å²) in [5.74, 6) is -0.753. The van der Waals surface area contributed by atoms with E-state index in [1.54, 1.807) is 12.1 Å². The molecule has 1 aromatic carbocycles. The molecule has 1 N–H and O–H groups in total. The summed E-state index contributed by atoms with van der Waals surface area (Å²) in [4.78, 5) is 23.3. The van der Waals surface area contributed by atoms with E-state index in [1.165, 1.54) is 0 Å². The predicted octanol–water partition coefficient (Wildman–Crippen LogP) is 3.15. The molecule has 0 spiro atoms. The van der Waals surface area contributed by atoms with E-state index in [-0.39, 0.29) is 23.7 Å². The lowest BCUT2D eigenvalue weighted by Gasteiger charge is -2.29. The first-order valence-corrected chi connectivity index (χ1v) is 6.57. The highest BCUT2D eigenvalue weighted by Crippen LogP contribution is 2.36. The summed E-state index contributed by atoms with van der Waals surface area (Å²) >= 11 is 11.8. The largest absolute Gasteiger partial charge is 0.296 e. The first-order chi connectivity index (χ1) is 8.52. The molecule has 2 amide bonds. The molecule has 2 atom stereocenters. The topological polar surface area (TPSA) is 46.2 Å². The van der Waals surface area contributed by atoms with E-state index in [2.05, 4.69) is 5.32 Å². The Morgan fingerprint density at radius 1 is 1.28 bits per heavy atom. The molecule has 1 aliphatic rings. The van der Waals surface area contributed by atoms with E-state index < -0.39 is 0 Å². The lowest BCUT2D eigenvalue weighted by molar-refractivity contribution is -0.137. The van der Waals surface area contributed by atoms with Crippen LogP contribution in [-0.2, 0) is 9.59 Å². The second kappa shape index (κ2) is 5.29. The van der Waals surface area contributed by atoms with Crippen LogP contribution in [0.4, 0.5) is 0 Å². The van der Waals surface area contributed by atoms with Crippen molar-refractivity contribution < 1.29 is 9.59 Å². The van der Waals surface area contributed by atoms with Crippen LogP contribution in [0.2, 0.25) is 10.0 Å².